The predicted molar refractivity (Wildman–Crippen MR) is 124 cm³/mol. The van der Waals surface area contributed by atoms with E-state index in [2.05, 4.69) is 62.9 Å². The van der Waals surface area contributed by atoms with E-state index in [0.29, 0.717) is 0 Å². The monoisotopic (exact) mass is 400 g/mol. The van der Waals surface area contributed by atoms with E-state index in [9.17, 15) is 4.79 Å². The molecule has 5 heteroatoms. The molecule has 5 nitrogen and oxygen atoms in total. The highest BCUT2D eigenvalue weighted by atomic mass is 16.2. The van der Waals surface area contributed by atoms with Crippen LogP contribution in [0.3, 0.4) is 0 Å². The number of aryl methyl sites for hydroxylation is 1. The molecular formula is C25H28N4O. The third kappa shape index (κ3) is 5.39. The Hall–Kier alpha value is -3.31. The maximum Gasteiger partial charge on any atom is 0.323 e. The zero-order chi connectivity index (χ0) is 20.8. The van der Waals surface area contributed by atoms with Gasteiger partial charge in [0.1, 0.15) is 0 Å². The van der Waals surface area contributed by atoms with E-state index in [1.54, 1.807) is 0 Å². The van der Waals surface area contributed by atoms with E-state index in [1.807, 2.05) is 43.3 Å². The smallest absolute Gasteiger partial charge is 0.323 e. The van der Waals surface area contributed by atoms with Crippen molar-refractivity contribution in [3.8, 4) is 0 Å². The molecule has 30 heavy (non-hydrogen) atoms. The highest BCUT2D eigenvalue weighted by molar-refractivity contribution is 5.99. The van der Waals surface area contributed by atoms with Crippen LogP contribution in [0.25, 0.3) is 0 Å². The lowest BCUT2D eigenvalue weighted by molar-refractivity contribution is 0.250. The largest absolute Gasteiger partial charge is 0.369 e. The van der Waals surface area contributed by atoms with Gasteiger partial charge in [0.15, 0.2) is 0 Å². The van der Waals surface area contributed by atoms with Crippen LogP contribution in [0.2, 0.25) is 0 Å². The Kier molecular flexibility index (Phi) is 6.30. The van der Waals surface area contributed by atoms with Gasteiger partial charge >= 0.3 is 6.03 Å². The number of carbonyl (C=O) groups excluding carboxylic acids is 1. The van der Waals surface area contributed by atoms with Crippen molar-refractivity contribution in [1.82, 2.24) is 4.90 Å². The number of piperazine rings is 1. The second-order valence-electron chi connectivity index (χ2n) is 7.74. The molecule has 1 aliphatic rings. The van der Waals surface area contributed by atoms with Crippen molar-refractivity contribution in [2.45, 2.75) is 13.5 Å². The number of para-hydroxylation sites is 1. The van der Waals surface area contributed by atoms with Crippen LogP contribution in [-0.2, 0) is 6.54 Å². The van der Waals surface area contributed by atoms with Gasteiger partial charge in [-0.05, 0) is 54.4 Å². The van der Waals surface area contributed by atoms with E-state index in [4.69, 9.17) is 0 Å². The highest BCUT2D eigenvalue weighted by Gasteiger charge is 2.17. The summed E-state index contributed by atoms with van der Waals surface area (Å²) in [4.78, 5) is 17.1. The van der Waals surface area contributed by atoms with Gasteiger partial charge in [-0.15, -0.1) is 0 Å². The fourth-order valence-electron chi connectivity index (χ4n) is 3.77. The number of nitrogens with zero attached hydrogens (tertiary/aromatic N) is 2. The van der Waals surface area contributed by atoms with Crippen molar-refractivity contribution < 1.29 is 4.79 Å². The van der Waals surface area contributed by atoms with Gasteiger partial charge in [-0.2, -0.15) is 0 Å². The SMILES string of the molecule is Cc1cccc(NC(=O)Nc2ccc(CN3CCN(c4ccccc4)CC3)cc2)c1. The zero-order valence-corrected chi connectivity index (χ0v) is 17.3. The zero-order valence-electron chi connectivity index (χ0n) is 17.3. The molecule has 0 saturated carbocycles. The summed E-state index contributed by atoms with van der Waals surface area (Å²) >= 11 is 0. The molecule has 0 bridgehead atoms. The molecule has 2 N–H and O–H groups in total. The summed E-state index contributed by atoms with van der Waals surface area (Å²) < 4.78 is 0. The lowest BCUT2D eigenvalue weighted by atomic mass is 10.1. The fraction of sp³-hybridized carbons (Fsp3) is 0.240. The summed E-state index contributed by atoms with van der Waals surface area (Å²) in [6.45, 7) is 7.12. The molecule has 0 aromatic heterocycles. The summed E-state index contributed by atoms with van der Waals surface area (Å²) in [6.07, 6.45) is 0. The maximum atomic E-state index is 12.2. The van der Waals surface area contributed by atoms with Gasteiger partial charge in [0.25, 0.3) is 0 Å². The molecule has 2 amide bonds. The van der Waals surface area contributed by atoms with Gasteiger partial charge in [-0.25, -0.2) is 4.79 Å². The van der Waals surface area contributed by atoms with Gasteiger partial charge in [-0.3, -0.25) is 4.90 Å². The lowest BCUT2D eigenvalue weighted by Gasteiger charge is -2.36. The van der Waals surface area contributed by atoms with Crippen LogP contribution in [0.15, 0.2) is 78.9 Å². The van der Waals surface area contributed by atoms with Crippen LogP contribution in [0, 0.1) is 6.92 Å². The van der Waals surface area contributed by atoms with Gasteiger partial charge in [0.2, 0.25) is 0 Å². The first kappa shape index (κ1) is 20.0. The molecule has 1 saturated heterocycles. The topological polar surface area (TPSA) is 47.6 Å². The highest BCUT2D eigenvalue weighted by Crippen LogP contribution is 2.18. The maximum absolute atomic E-state index is 12.2. The number of carbonyl (C=O) groups is 1. The van der Waals surface area contributed by atoms with Crippen LogP contribution < -0.4 is 15.5 Å². The Bertz CT molecular complexity index is 964. The molecule has 0 radical (unpaired) electrons. The van der Waals surface area contributed by atoms with Crippen LogP contribution in [-0.4, -0.2) is 37.1 Å². The van der Waals surface area contributed by atoms with Gasteiger partial charge in [0.05, 0.1) is 0 Å². The summed E-state index contributed by atoms with van der Waals surface area (Å²) in [7, 11) is 0. The first-order valence-corrected chi connectivity index (χ1v) is 10.4. The summed E-state index contributed by atoms with van der Waals surface area (Å²) in [5.41, 5.74) is 5.25. The quantitative estimate of drug-likeness (QED) is 0.636. The molecular weight excluding hydrogens is 372 g/mol. The van der Waals surface area contributed by atoms with E-state index < -0.39 is 0 Å². The minimum atomic E-state index is -0.231. The molecule has 3 aromatic rings. The third-order valence-corrected chi connectivity index (χ3v) is 5.39. The molecule has 0 atom stereocenters. The standard InChI is InChI=1S/C25H28N4O/c1-20-6-5-7-23(18-20)27-25(30)26-22-12-10-21(11-13-22)19-28-14-16-29(17-15-28)24-8-3-2-4-9-24/h2-13,18H,14-17,19H2,1H3,(H2,26,27,30). The number of hydrogen-bond acceptors (Lipinski definition) is 3. The molecule has 154 valence electrons. The van der Waals surface area contributed by atoms with Crippen LogP contribution in [0.1, 0.15) is 11.1 Å². The number of nitrogens with one attached hydrogen (secondary N) is 2. The van der Waals surface area contributed by atoms with Gasteiger partial charge < -0.3 is 15.5 Å². The Labute approximate surface area is 178 Å². The summed E-state index contributed by atoms with van der Waals surface area (Å²) in [6, 6.07) is 26.2. The van der Waals surface area contributed by atoms with E-state index in [-0.39, 0.29) is 6.03 Å². The molecule has 1 aliphatic heterocycles. The third-order valence-electron chi connectivity index (χ3n) is 5.39. The number of benzene rings is 3. The Balaban J connectivity index is 1.25. The molecule has 4 rings (SSSR count). The number of hydrogen-bond donors (Lipinski definition) is 2. The second kappa shape index (κ2) is 9.46. The van der Waals surface area contributed by atoms with Crippen LogP contribution in [0.4, 0.5) is 21.9 Å². The molecule has 1 heterocycles. The Morgan fingerprint density at radius 1 is 0.800 bits per heavy atom. The van der Waals surface area contributed by atoms with Crippen molar-refractivity contribution in [2.75, 3.05) is 41.7 Å². The van der Waals surface area contributed by atoms with Crippen LogP contribution in [0.5, 0.6) is 0 Å². The van der Waals surface area contributed by atoms with Crippen molar-refractivity contribution in [3.05, 3.63) is 90.0 Å². The average Bonchev–Trinajstić information content (AvgIpc) is 2.76. The van der Waals surface area contributed by atoms with Gasteiger partial charge in [0, 0.05) is 49.8 Å². The lowest BCUT2D eigenvalue weighted by Crippen LogP contribution is -2.45. The van der Waals surface area contributed by atoms with E-state index >= 15 is 0 Å². The number of rotatable bonds is 5. The van der Waals surface area contributed by atoms with Crippen LogP contribution >= 0.6 is 0 Å². The number of urea groups is 1. The Morgan fingerprint density at radius 2 is 1.50 bits per heavy atom. The normalized spacial score (nSPS) is 14.4. The molecule has 1 fully saturated rings. The second-order valence-corrected chi connectivity index (χ2v) is 7.74. The molecule has 0 aliphatic carbocycles. The predicted octanol–water partition coefficient (Wildman–Crippen LogP) is 4.96. The molecule has 0 spiro atoms. The summed E-state index contributed by atoms with van der Waals surface area (Å²) in [5, 5.41) is 5.76. The number of amides is 2. The van der Waals surface area contributed by atoms with Crippen molar-refractivity contribution >= 4 is 23.1 Å². The summed E-state index contributed by atoms with van der Waals surface area (Å²) in [5.74, 6) is 0. The average molecular weight is 401 g/mol. The van der Waals surface area contributed by atoms with E-state index in [0.717, 1.165) is 49.7 Å². The molecule has 3 aromatic carbocycles. The van der Waals surface area contributed by atoms with Crippen molar-refractivity contribution in [3.63, 3.8) is 0 Å². The molecule has 0 unspecified atom stereocenters. The fourth-order valence-corrected chi connectivity index (χ4v) is 3.77. The minimum absolute atomic E-state index is 0.231. The van der Waals surface area contributed by atoms with Crippen molar-refractivity contribution in [1.29, 1.82) is 0 Å². The van der Waals surface area contributed by atoms with Gasteiger partial charge in [-0.1, -0.05) is 42.5 Å². The van der Waals surface area contributed by atoms with Crippen molar-refractivity contribution in [2.24, 2.45) is 0 Å². The minimum Gasteiger partial charge on any atom is -0.369 e. The Morgan fingerprint density at radius 3 is 2.20 bits per heavy atom. The first-order chi connectivity index (χ1) is 14.7. The first-order valence-electron chi connectivity index (χ1n) is 10.4. The number of anilines is 3. The van der Waals surface area contributed by atoms with E-state index in [1.165, 1.54) is 11.3 Å².